The minimum absolute atomic E-state index is 0.119. The van der Waals surface area contributed by atoms with Crippen molar-refractivity contribution >= 4 is 11.6 Å². The van der Waals surface area contributed by atoms with Crippen LogP contribution >= 0.6 is 11.6 Å². The lowest BCUT2D eigenvalue weighted by atomic mass is 10.0. The second-order valence-electron chi connectivity index (χ2n) is 4.67. The summed E-state index contributed by atoms with van der Waals surface area (Å²) >= 11 is 6.35. The quantitative estimate of drug-likeness (QED) is 0.935. The topological polar surface area (TPSA) is 56.7 Å². The molecule has 0 bridgehead atoms. The van der Waals surface area contributed by atoms with Gasteiger partial charge in [-0.1, -0.05) is 24.6 Å². The molecule has 0 amide bonds. The highest BCUT2D eigenvalue weighted by molar-refractivity contribution is 6.31. The van der Waals surface area contributed by atoms with E-state index in [-0.39, 0.29) is 6.04 Å². The lowest BCUT2D eigenvalue weighted by Gasteiger charge is -2.14. The summed E-state index contributed by atoms with van der Waals surface area (Å²) in [6.07, 6.45) is 3.26. The summed E-state index contributed by atoms with van der Waals surface area (Å²) in [7, 11) is 1.91. The average Bonchev–Trinajstić information content (AvgIpc) is 2.66. The molecule has 2 aromatic rings. The molecule has 2 rings (SSSR count). The Morgan fingerprint density at radius 1 is 1.47 bits per heavy atom. The zero-order valence-electron chi connectivity index (χ0n) is 11.5. The van der Waals surface area contributed by atoms with E-state index in [2.05, 4.69) is 10.1 Å². The molecular weight excluding hydrogens is 260 g/mol. The summed E-state index contributed by atoms with van der Waals surface area (Å²) in [6.45, 7) is 4.01. The molecule has 0 radical (unpaired) electrons. The third kappa shape index (κ3) is 2.80. The van der Waals surface area contributed by atoms with Gasteiger partial charge in [-0.25, -0.2) is 0 Å². The van der Waals surface area contributed by atoms with Crippen LogP contribution in [0.3, 0.4) is 0 Å². The van der Waals surface area contributed by atoms with E-state index in [1.54, 1.807) is 6.20 Å². The second-order valence-corrected chi connectivity index (χ2v) is 5.05. The van der Waals surface area contributed by atoms with Crippen LogP contribution in [-0.4, -0.2) is 14.8 Å². The van der Waals surface area contributed by atoms with Gasteiger partial charge in [0.25, 0.3) is 0 Å². The monoisotopic (exact) mass is 278 g/mol. The van der Waals surface area contributed by atoms with Crippen LogP contribution in [0.4, 0.5) is 0 Å². The largest absolute Gasteiger partial charge is 0.324 e. The maximum Gasteiger partial charge on any atom is 0.0850 e. The molecule has 0 aliphatic heterocycles. The van der Waals surface area contributed by atoms with Crippen LogP contribution < -0.4 is 5.73 Å². The minimum atomic E-state index is -0.119. The van der Waals surface area contributed by atoms with Crippen LogP contribution in [0, 0.1) is 6.92 Å². The maximum atomic E-state index is 6.35. The van der Waals surface area contributed by atoms with Crippen molar-refractivity contribution in [3.05, 3.63) is 46.0 Å². The molecule has 4 nitrogen and oxygen atoms in total. The molecule has 1 unspecified atom stereocenters. The normalized spacial score (nSPS) is 12.7. The Balaban J connectivity index is 2.27. The van der Waals surface area contributed by atoms with Gasteiger partial charge in [0.1, 0.15) is 0 Å². The Morgan fingerprint density at radius 2 is 2.21 bits per heavy atom. The number of halogens is 1. The third-order valence-corrected chi connectivity index (χ3v) is 3.80. The summed E-state index contributed by atoms with van der Waals surface area (Å²) in [4.78, 5) is 4.27. The SMILES string of the molecule is CCc1nn(C)c(CC(N)c2cccnc2C)c1Cl. The number of rotatable bonds is 4. The molecule has 0 aliphatic rings. The Hall–Kier alpha value is -1.39. The van der Waals surface area contributed by atoms with Crippen molar-refractivity contribution in [1.82, 2.24) is 14.8 Å². The highest BCUT2D eigenvalue weighted by Crippen LogP contribution is 2.25. The van der Waals surface area contributed by atoms with Gasteiger partial charge in [0.15, 0.2) is 0 Å². The first-order valence-electron chi connectivity index (χ1n) is 6.42. The predicted octanol–water partition coefficient (Wildman–Crippen LogP) is 2.58. The summed E-state index contributed by atoms with van der Waals surface area (Å²) < 4.78 is 1.83. The van der Waals surface area contributed by atoms with Crippen molar-refractivity contribution in [2.75, 3.05) is 0 Å². The van der Waals surface area contributed by atoms with E-state index in [0.29, 0.717) is 6.42 Å². The predicted molar refractivity (Wildman–Crippen MR) is 77.2 cm³/mol. The van der Waals surface area contributed by atoms with Crippen molar-refractivity contribution in [3.8, 4) is 0 Å². The zero-order chi connectivity index (χ0) is 14.0. The van der Waals surface area contributed by atoms with Gasteiger partial charge >= 0.3 is 0 Å². The zero-order valence-corrected chi connectivity index (χ0v) is 12.3. The average molecular weight is 279 g/mol. The van der Waals surface area contributed by atoms with Crippen molar-refractivity contribution < 1.29 is 0 Å². The number of hydrogen-bond acceptors (Lipinski definition) is 3. The highest BCUT2D eigenvalue weighted by Gasteiger charge is 2.18. The molecule has 1 atom stereocenters. The first kappa shape index (κ1) is 14.0. The molecule has 0 saturated heterocycles. The van der Waals surface area contributed by atoms with Crippen LogP contribution in [0.1, 0.15) is 35.6 Å². The molecule has 102 valence electrons. The first-order chi connectivity index (χ1) is 9.04. The fraction of sp³-hybridized carbons (Fsp3) is 0.429. The number of aryl methyl sites for hydroxylation is 3. The lowest BCUT2D eigenvalue weighted by Crippen LogP contribution is -2.17. The molecule has 0 saturated carbocycles. The number of pyridine rings is 1. The Morgan fingerprint density at radius 3 is 2.79 bits per heavy atom. The summed E-state index contributed by atoms with van der Waals surface area (Å²) in [5.41, 5.74) is 10.2. The van der Waals surface area contributed by atoms with Gasteiger partial charge < -0.3 is 5.73 Å². The summed E-state index contributed by atoms with van der Waals surface area (Å²) in [6, 6.07) is 3.80. The standard InChI is InChI=1S/C14H19ClN4/c1-4-12-14(15)13(19(3)18-12)8-11(16)10-6-5-7-17-9(10)2/h5-7,11H,4,8,16H2,1-3H3. The van der Waals surface area contributed by atoms with Gasteiger partial charge in [-0.3, -0.25) is 9.67 Å². The van der Waals surface area contributed by atoms with E-state index in [1.807, 2.05) is 37.7 Å². The Kier molecular flexibility index (Phi) is 4.22. The van der Waals surface area contributed by atoms with Gasteiger partial charge in [-0.2, -0.15) is 5.10 Å². The highest BCUT2D eigenvalue weighted by atomic mass is 35.5. The number of nitrogens with two attached hydrogens (primary N) is 1. The van der Waals surface area contributed by atoms with E-state index >= 15 is 0 Å². The van der Waals surface area contributed by atoms with Crippen molar-refractivity contribution in [1.29, 1.82) is 0 Å². The van der Waals surface area contributed by atoms with Crippen molar-refractivity contribution in [3.63, 3.8) is 0 Å². The molecule has 5 heteroatoms. The number of hydrogen-bond donors (Lipinski definition) is 1. The van der Waals surface area contributed by atoms with Crippen LogP contribution in [-0.2, 0) is 19.9 Å². The molecule has 19 heavy (non-hydrogen) atoms. The molecule has 0 spiro atoms. The van der Waals surface area contributed by atoms with Crippen LogP contribution in [0.2, 0.25) is 5.02 Å². The van der Waals surface area contributed by atoms with Gasteiger partial charge in [-0.15, -0.1) is 0 Å². The van der Waals surface area contributed by atoms with Gasteiger partial charge in [0, 0.05) is 31.4 Å². The van der Waals surface area contributed by atoms with Gasteiger partial charge in [0.05, 0.1) is 16.4 Å². The summed E-state index contributed by atoms with van der Waals surface area (Å²) in [5, 5.41) is 5.15. The third-order valence-electron chi connectivity index (χ3n) is 3.36. The van der Waals surface area contributed by atoms with E-state index in [4.69, 9.17) is 17.3 Å². The molecule has 0 aliphatic carbocycles. The van der Waals surface area contributed by atoms with E-state index in [9.17, 15) is 0 Å². The first-order valence-corrected chi connectivity index (χ1v) is 6.79. The van der Waals surface area contributed by atoms with Crippen molar-refractivity contribution in [2.24, 2.45) is 12.8 Å². The Labute approximate surface area is 118 Å². The van der Waals surface area contributed by atoms with Crippen LogP contribution in [0.5, 0.6) is 0 Å². The molecule has 0 aromatic carbocycles. The van der Waals surface area contributed by atoms with Gasteiger partial charge in [0.2, 0.25) is 0 Å². The summed E-state index contributed by atoms with van der Waals surface area (Å²) in [5.74, 6) is 0. The van der Waals surface area contributed by atoms with Crippen LogP contribution in [0.15, 0.2) is 18.3 Å². The fourth-order valence-corrected chi connectivity index (χ4v) is 2.62. The maximum absolute atomic E-state index is 6.35. The number of nitrogens with zero attached hydrogens (tertiary/aromatic N) is 3. The van der Waals surface area contributed by atoms with Crippen LogP contribution in [0.25, 0.3) is 0 Å². The molecule has 2 N–H and O–H groups in total. The van der Waals surface area contributed by atoms with E-state index < -0.39 is 0 Å². The van der Waals surface area contributed by atoms with Gasteiger partial charge in [-0.05, 0) is 25.0 Å². The lowest BCUT2D eigenvalue weighted by molar-refractivity contribution is 0.634. The minimum Gasteiger partial charge on any atom is -0.324 e. The molecule has 2 aromatic heterocycles. The van der Waals surface area contributed by atoms with E-state index in [1.165, 1.54) is 0 Å². The van der Waals surface area contributed by atoms with Crippen molar-refractivity contribution in [2.45, 2.75) is 32.7 Å². The Bertz CT molecular complexity index is 577. The number of aromatic nitrogens is 3. The molecule has 2 heterocycles. The second kappa shape index (κ2) is 5.72. The molecule has 0 fully saturated rings. The molecular formula is C14H19ClN4. The fourth-order valence-electron chi connectivity index (χ4n) is 2.25. The smallest absolute Gasteiger partial charge is 0.0850 e. The van der Waals surface area contributed by atoms with E-state index in [0.717, 1.165) is 34.1 Å².